The van der Waals surface area contributed by atoms with Crippen LogP contribution in [0, 0.1) is 5.92 Å². The molecule has 2 aliphatic heterocycles. The Morgan fingerprint density at radius 2 is 2.25 bits per heavy atom. The van der Waals surface area contributed by atoms with Crippen molar-refractivity contribution in [1.29, 1.82) is 0 Å². The molecule has 7 heteroatoms. The number of anilines is 1. The van der Waals surface area contributed by atoms with Crippen LogP contribution in [-0.4, -0.2) is 60.4 Å². The molecule has 2 fully saturated rings. The lowest BCUT2D eigenvalue weighted by Gasteiger charge is -2.38. The molecule has 1 spiro atoms. The minimum atomic E-state index is -0.0997. The number of carbonyl (C=O) groups excluding carboxylic acids is 1. The quantitative estimate of drug-likeness (QED) is 0.815. The Hall–Kier alpha value is -1.21. The van der Waals surface area contributed by atoms with Crippen LogP contribution < -0.4 is 4.90 Å². The SMILES string of the molecule is CN(C)C(=O)C1COC2(CCN(c3nncs3)CC2)C1. The lowest BCUT2D eigenvalue weighted by Crippen LogP contribution is -2.44. The molecule has 3 heterocycles. The summed E-state index contributed by atoms with van der Waals surface area (Å²) in [4.78, 5) is 16.0. The fourth-order valence-corrected chi connectivity index (χ4v) is 3.74. The number of nitrogens with zero attached hydrogens (tertiary/aromatic N) is 4. The van der Waals surface area contributed by atoms with E-state index in [1.54, 1.807) is 21.7 Å². The van der Waals surface area contributed by atoms with Crippen LogP contribution in [0.2, 0.25) is 0 Å². The summed E-state index contributed by atoms with van der Waals surface area (Å²) >= 11 is 1.57. The zero-order valence-electron chi connectivity index (χ0n) is 11.9. The van der Waals surface area contributed by atoms with E-state index in [1.807, 2.05) is 14.1 Å². The van der Waals surface area contributed by atoms with Crippen molar-refractivity contribution in [1.82, 2.24) is 15.1 Å². The molecule has 1 aromatic heterocycles. The van der Waals surface area contributed by atoms with Crippen LogP contribution in [-0.2, 0) is 9.53 Å². The number of hydrogen-bond acceptors (Lipinski definition) is 6. The lowest BCUT2D eigenvalue weighted by atomic mass is 9.85. The van der Waals surface area contributed by atoms with Crippen molar-refractivity contribution in [3.05, 3.63) is 5.51 Å². The maximum Gasteiger partial charge on any atom is 0.227 e. The van der Waals surface area contributed by atoms with Crippen molar-refractivity contribution < 1.29 is 9.53 Å². The van der Waals surface area contributed by atoms with Gasteiger partial charge >= 0.3 is 0 Å². The Labute approximate surface area is 122 Å². The Morgan fingerprint density at radius 3 is 2.85 bits per heavy atom. The second-order valence-electron chi connectivity index (χ2n) is 5.84. The minimum Gasteiger partial charge on any atom is -0.374 e. The average Bonchev–Trinajstić information content (AvgIpc) is 3.09. The first-order valence-electron chi connectivity index (χ1n) is 6.96. The highest BCUT2D eigenvalue weighted by Gasteiger charge is 2.45. The second kappa shape index (κ2) is 5.29. The number of amides is 1. The Morgan fingerprint density at radius 1 is 1.50 bits per heavy atom. The van der Waals surface area contributed by atoms with E-state index in [-0.39, 0.29) is 17.4 Å². The first-order chi connectivity index (χ1) is 9.60. The van der Waals surface area contributed by atoms with Crippen molar-refractivity contribution in [3.8, 4) is 0 Å². The Kier molecular flexibility index (Phi) is 3.64. The molecule has 1 unspecified atom stereocenters. The van der Waals surface area contributed by atoms with Crippen LogP contribution in [0.4, 0.5) is 5.13 Å². The van der Waals surface area contributed by atoms with Gasteiger partial charge in [-0.15, -0.1) is 10.2 Å². The van der Waals surface area contributed by atoms with Gasteiger partial charge in [-0.1, -0.05) is 11.3 Å². The molecule has 2 saturated heterocycles. The topological polar surface area (TPSA) is 58.6 Å². The average molecular weight is 296 g/mol. The minimum absolute atomic E-state index is 0.0260. The summed E-state index contributed by atoms with van der Waals surface area (Å²) < 4.78 is 6.02. The summed E-state index contributed by atoms with van der Waals surface area (Å²) in [6.07, 6.45) is 2.78. The summed E-state index contributed by atoms with van der Waals surface area (Å²) in [6, 6.07) is 0. The van der Waals surface area contributed by atoms with E-state index in [0.29, 0.717) is 6.61 Å². The molecule has 0 N–H and O–H groups in total. The van der Waals surface area contributed by atoms with Crippen LogP contribution in [0.3, 0.4) is 0 Å². The molecular formula is C13H20N4O2S. The van der Waals surface area contributed by atoms with Gasteiger partial charge in [0.15, 0.2) is 0 Å². The number of carbonyl (C=O) groups is 1. The summed E-state index contributed by atoms with van der Waals surface area (Å²) in [5, 5.41) is 8.99. The maximum absolute atomic E-state index is 12.0. The van der Waals surface area contributed by atoms with Crippen LogP contribution >= 0.6 is 11.3 Å². The highest BCUT2D eigenvalue weighted by Crippen LogP contribution is 2.40. The number of aromatic nitrogens is 2. The zero-order chi connectivity index (χ0) is 14.2. The predicted molar refractivity (Wildman–Crippen MR) is 76.8 cm³/mol. The third-order valence-electron chi connectivity index (χ3n) is 4.29. The van der Waals surface area contributed by atoms with Gasteiger partial charge in [0.25, 0.3) is 0 Å². The van der Waals surface area contributed by atoms with Gasteiger partial charge in [-0.05, 0) is 19.3 Å². The normalized spacial score (nSPS) is 25.1. The van der Waals surface area contributed by atoms with E-state index in [4.69, 9.17) is 4.74 Å². The van der Waals surface area contributed by atoms with Crippen molar-refractivity contribution in [3.63, 3.8) is 0 Å². The fourth-order valence-electron chi connectivity index (χ4n) is 3.13. The molecule has 1 aromatic rings. The van der Waals surface area contributed by atoms with Gasteiger partial charge in [-0.25, -0.2) is 0 Å². The van der Waals surface area contributed by atoms with E-state index in [9.17, 15) is 4.79 Å². The van der Waals surface area contributed by atoms with Crippen molar-refractivity contribution in [2.45, 2.75) is 24.9 Å². The largest absolute Gasteiger partial charge is 0.374 e. The third-order valence-corrected chi connectivity index (χ3v) is 5.04. The van der Waals surface area contributed by atoms with E-state index in [1.165, 1.54) is 0 Å². The van der Waals surface area contributed by atoms with Crippen LogP contribution in [0.5, 0.6) is 0 Å². The van der Waals surface area contributed by atoms with Gasteiger partial charge in [0.1, 0.15) is 5.51 Å². The highest BCUT2D eigenvalue weighted by molar-refractivity contribution is 7.13. The summed E-state index contributed by atoms with van der Waals surface area (Å²) in [7, 11) is 3.62. The molecule has 1 atom stereocenters. The standard InChI is InChI=1S/C13H20N4O2S/c1-16(2)11(18)10-7-13(19-8-10)3-5-17(6-4-13)12-15-14-9-20-12/h9-10H,3-8H2,1-2H3. The van der Waals surface area contributed by atoms with Crippen LogP contribution in [0.15, 0.2) is 5.51 Å². The molecule has 0 bridgehead atoms. The molecule has 110 valence electrons. The fraction of sp³-hybridized carbons (Fsp3) is 0.769. The number of ether oxygens (including phenoxy) is 1. The van der Waals surface area contributed by atoms with Gasteiger partial charge in [0.05, 0.1) is 18.1 Å². The molecule has 2 aliphatic rings. The molecule has 1 amide bonds. The van der Waals surface area contributed by atoms with E-state index >= 15 is 0 Å². The first kappa shape index (κ1) is 13.8. The first-order valence-corrected chi connectivity index (χ1v) is 7.84. The molecule has 0 aliphatic carbocycles. The van der Waals surface area contributed by atoms with E-state index in [2.05, 4.69) is 15.1 Å². The Balaban J connectivity index is 1.59. The number of hydrogen-bond donors (Lipinski definition) is 0. The maximum atomic E-state index is 12.0. The van der Waals surface area contributed by atoms with Crippen molar-refractivity contribution in [2.24, 2.45) is 5.92 Å². The number of piperidine rings is 1. The third kappa shape index (κ3) is 2.52. The molecule has 0 aromatic carbocycles. The molecule has 0 saturated carbocycles. The van der Waals surface area contributed by atoms with Gasteiger partial charge in [0, 0.05) is 27.2 Å². The number of rotatable bonds is 2. The van der Waals surface area contributed by atoms with Gasteiger partial charge in [0.2, 0.25) is 11.0 Å². The molecule has 6 nitrogen and oxygen atoms in total. The molecule has 3 rings (SSSR count). The van der Waals surface area contributed by atoms with Gasteiger partial charge in [-0.3, -0.25) is 4.79 Å². The van der Waals surface area contributed by atoms with Gasteiger partial charge in [-0.2, -0.15) is 0 Å². The summed E-state index contributed by atoms with van der Waals surface area (Å²) in [5.41, 5.74) is 1.66. The van der Waals surface area contributed by atoms with Gasteiger partial charge < -0.3 is 14.5 Å². The molecular weight excluding hydrogens is 276 g/mol. The summed E-state index contributed by atoms with van der Waals surface area (Å²) in [6.45, 7) is 2.42. The molecule has 20 heavy (non-hydrogen) atoms. The van der Waals surface area contributed by atoms with Crippen molar-refractivity contribution >= 4 is 22.4 Å². The van der Waals surface area contributed by atoms with E-state index < -0.39 is 0 Å². The summed E-state index contributed by atoms with van der Waals surface area (Å²) in [5.74, 6) is 0.214. The zero-order valence-corrected chi connectivity index (χ0v) is 12.7. The van der Waals surface area contributed by atoms with Crippen LogP contribution in [0.1, 0.15) is 19.3 Å². The highest BCUT2D eigenvalue weighted by atomic mass is 32.1. The second-order valence-corrected chi connectivity index (χ2v) is 6.65. The van der Waals surface area contributed by atoms with Crippen molar-refractivity contribution in [2.75, 3.05) is 38.7 Å². The van der Waals surface area contributed by atoms with Crippen LogP contribution in [0.25, 0.3) is 0 Å². The monoisotopic (exact) mass is 296 g/mol. The predicted octanol–water partition coefficient (Wildman–Crippen LogP) is 1.00. The molecule has 0 radical (unpaired) electrons. The lowest BCUT2D eigenvalue weighted by molar-refractivity contribution is -0.132. The smallest absolute Gasteiger partial charge is 0.227 e. The Bertz CT molecular complexity index is 469. The van der Waals surface area contributed by atoms with E-state index in [0.717, 1.165) is 37.5 Å².